The fraction of sp³-hybridized carbons (Fsp3) is 0.381. The van der Waals surface area contributed by atoms with Crippen LogP contribution in [-0.2, 0) is 11.3 Å². The highest BCUT2D eigenvalue weighted by Crippen LogP contribution is 2.24. The maximum absolute atomic E-state index is 11.8. The van der Waals surface area contributed by atoms with Crippen LogP contribution in [0.3, 0.4) is 0 Å². The van der Waals surface area contributed by atoms with Crippen LogP contribution >= 0.6 is 0 Å². The van der Waals surface area contributed by atoms with Crippen molar-refractivity contribution in [2.24, 2.45) is 0 Å². The molecule has 26 heavy (non-hydrogen) atoms. The van der Waals surface area contributed by atoms with E-state index in [9.17, 15) is 4.79 Å². The number of benzene rings is 2. The van der Waals surface area contributed by atoms with Crippen molar-refractivity contribution in [2.75, 3.05) is 30.7 Å². The van der Waals surface area contributed by atoms with Crippen molar-refractivity contribution in [2.45, 2.75) is 32.4 Å². The van der Waals surface area contributed by atoms with E-state index in [4.69, 9.17) is 10.5 Å². The summed E-state index contributed by atoms with van der Waals surface area (Å²) < 4.78 is 5.01. The Kier molecular flexibility index (Phi) is 6.12. The Morgan fingerprint density at radius 2 is 1.92 bits per heavy atom. The zero-order valence-corrected chi connectivity index (χ0v) is 15.3. The Labute approximate surface area is 155 Å². The second kappa shape index (κ2) is 8.72. The van der Waals surface area contributed by atoms with Crippen molar-refractivity contribution in [3.63, 3.8) is 0 Å². The number of anilines is 2. The third-order valence-corrected chi connectivity index (χ3v) is 4.76. The number of piperidine rings is 1. The Bertz CT molecular complexity index is 725. The summed E-state index contributed by atoms with van der Waals surface area (Å²) in [6.07, 6.45) is 2.15. The fourth-order valence-electron chi connectivity index (χ4n) is 3.33. The van der Waals surface area contributed by atoms with Gasteiger partial charge in [-0.15, -0.1) is 0 Å². The summed E-state index contributed by atoms with van der Waals surface area (Å²) in [7, 11) is 0. The van der Waals surface area contributed by atoms with Gasteiger partial charge in [-0.25, -0.2) is 4.79 Å². The molecule has 1 aliphatic rings. The van der Waals surface area contributed by atoms with Gasteiger partial charge in [0.2, 0.25) is 0 Å². The minimum atomic E-state index is -0.333. The number of ether oxygens (including phenoxy) is 1. The first-order valence-electron chi connectivity index (χ1n) is 9.25. The normalized spacial score (nSPS) is 15.6. The topological polar surface area (TPSA) is 67.6 Å². The third kappa shape index (κ3) is 4.76. The smallest absolute Gasteiger partial charge is 0.338 e. The van der Waals surface area contributed by atoms with Gasteiger partial charge in [0.1, 0.15) is 0 Å². The van der Waals surface area contributed by atoms with Gasteiger partial charge in [0.15, 0.2) is 0 Å². The monoisotopic (exact) mass is 353 g/mol. The molecule has 5 nitrogen and oxygen atoms in total. The number of nitrogens with one attached hydrogen (secondary N) is 1. The number of nitrogen functional groups attached to an aromatic ring is 1. The molecule has 3 rings (SSSR count). The lowest BCUT2D eigenvalue weighted by atomic mass is 10.0. The van der Waals surface area contributed by atoms with Gasteiger partial charge in [-0.2, -0.15) is 0 Å². The Morgan fingerprint density at radius 1 is 1.19 bits per heavy atom. The Balaban J connectivity index is 1.52. The first-order chi connectivity index (χ1) is 12.7. The molecule has 138 valence electrons. The molecule has 0 atom stereocenters. The summed E-state index contributed by atoms with van der Waals surface area (Å²) >= 11 is 0. The molecule has 0 amide bonds. The number of hydrogen-bond donors (Lipinski definition) is 2. The van der Waals surface area contributed by atoms with Crippen LogP contribution in [0.2, 0.25) is 0 Å². The molecule has 3 N–H and O–H groups in total. The largest absolute Gasteiger partial charge is 0.462 e. The van der Waals surface area contributed by atoms with Crippen molar-refractivity contribution in [1.29, 1.82) is 0 Å². The van der Waals surface area contributed by atoms with Gasteiger partial charge in [0.05, 0.1) is 23.5 Å². The number of hydrogen-bond acceptors (Lipinski definition) is 5. The number of nitrogens with two attached hydrogens (primary N) is 1. The molecule has 5 heteroatoms. The quantitative estimate of drug-likeness (QED) is 0.614. The fourth-order valence-corrected chi connectivity index (χ4v) is 3.33. The molecule has 0 aliphatic carbocycles. The van der Waals surface area contributed by atoms with Crippen LogP contribution < -0.4 is 11.1 Å². The summed E-state index contributed by atoms with van der Waals surface area (Å²) in [5.74, 6) is -0.333. The zero-order valence-electron chi connectivity index (χ0n) is 15.3. The van der Waals surface area contributed by atoms with Gasteiger partial charge in [0.25, 0.3) is 0 Å². The molecule has 1 aliphatic heterocycles. The van der Waals surface area contributed by atoms with Crippen molar-refractivity contribution in [3.8, 4) is 0 Å². The van der Waals surface area contributed by atoms with E-state index in [1.807, 2.05) is 6.07 Å². The molecule has 0 spiro atoms. The molecule has 1 heterocycles. The van der Waals surface area contributed by atoms with Crippen LogP contribution in [0.5, 0.6) is 0 Å². The second-order valence-corrected chi connectivity index (χ2v) is 6.70. The molecule has 2 aromatic carbocycles. The molecule has 2 aromatic rings. The van der Waals surface area contributed by atoms with E-state index in [0.717, 1.165) is 38.2 Å². The molecule has 0 unspecified atom stereocenters. The van der Waals surface area contributed by atoms with Crippen molar-refractivity contribution >= 4 is 17.3 Å². The predicted octanol–water partition coefficient (Wildman–Crippen LogP) is 3.52. The van der Waals surface area contributed by atoms with Gasteiger partial charge in [-0.3, -0.25) is 4.90 Å². The van der Waals surface area contributed by atoms with Crippen molar-refractivity contribution < 1.29 is 9.53 Å². The molecule has 1 fully saturated rings. The summed E-state index contributed by atoms with van der Waals surface area (Å²) in [4.78, 5) is 14.3. The maximum Gasteiger partial charge on any atom is 0.338 e. The van der Waals surface area contributed by atoms with E-state index in [0.29, 0.717) is 23.9 Å². The average Bonchev–Trinajstić information content (AvgIpc) is 2.66. The summed E-state index contributed by atoms with van der Waals surface area (Å²) in [6, 6.07) is 16.3. The van der Waals surface area contributed by atoms with Crippen LogP contribution in [0, 0.1) is 0 Å². The van der Waals surface area contributed by atoms with E-state index in [-0.39, 0.29) is 5.97 Å². The van der Waals surface area contributed by atoms with Gasteiger partial charge >= 0.3 is 5.97 Å². The van der Waals surface area contributed by atoms with E-state index < -0.39 is 0 Å². The lowest BCUT2D eigenvalue weighted by molar-refractivity contribution is 0.0526. The van der Waals surface area contributed by atoms with Crippen molar-refractivity contribution in [3.05, 3.63) is 59.7 Å². The minimum Gasteiger partial charge on any atom is -0.462 e. The first-order valence-corrected chi connectivity index (χ1v) is 9.25. The number of nitrogens with zero attached hydrogens (tertiary/aromatic N) is 1. The van der Waals surface area contributed by atoms with E-state index in [1.165, 1.54) is 5.56 Å². The molecular formula is C21H27N3O2. The predicted molar refractivity (Wildman–Crippen MR) is 105 cm³/mol. The third-order valence-electron chi connectivity index (χ3n) is 4.76. The van der Waals surface area contributed by atoms with Crippen molar-refractivity contribution in [1.82, 2.24) is 4.90 Å². The molecule has 0 radical (unpaired) electrons. The zero-order chi connectivity index (χ0) is 18.4. The number of rotatable bonds is 6. The summed E-state index contributed by atoms with van der Waals surface area (Å²) in [6.45, 7) is 5.28. The first kappa shape index (κ1) is 18.3. The summed E-state index contributed by atoms with van der Waals surface area (Å²) in [5, 5.41) is 3.53. The van der Waals surface area contributed by atoms with Crippen LogP contribution in [-0.4, -0.2) is 36.6 Å². The number of carbonyl (C=O) groups is 1. The number of esters is 1. The SMILES string of the molecule is CCOC(=O)c1ccc(NC2CCN(Cc3ccccc3)CC2)c(N)c1. The Hall–Kier alpha value is -2.53. The van der Waals surface area contributed by atoms with E-state index in [2.05, 4.69) is 40.5 Å². The van der Waals surface area contributed by atoms with Crippen LogP contribution in [0.4, 0.5) is 11.4 Å². The standard InChI is InChI=1S/C21H27N3O2/c1-2-26-21(25)17-8-9-20(19(22)14-17)23-18-10-12-24(13-11-18)15-16-6-4-3-5-7-16/h3-9,14,18,23H,2,10-13,15,22H2,1H3. The molecule has 0 saturated carbocycles. The van der Waals surface area contributed by atoms with Crippen LogP contribution in [0.15, 0.2) is 48.5 Å². The van der Waals surface area contributed by atoms with Gasteiger partial charge < -0.3 is 15.8 Å². The molecular weight excluding hydrogens is 326 g/mol. The summed E-state index contributed by atoms with van der Waals surface area (Å²) in [5.41, 5.74) is 9.45. The minimum absolute atomic E-state index is 0.333. The average molecular weight is 353 g/mol. The molecule has 0 bridgehead atoms. The second-order valence-electron chi connectivity index (χ2n) is 6.70. The Morgan fingerprint density at radius 3 is 2.58 bits per heavy atom. The van der Waals surface area contributed by atoms with Gasteiger partial charge in [0, 0.05) is 25.7 Å². The lowest BCUT2D eigenvalue weighted by Crippen LogP contribution is -2.38. The van der Waals surface area contributed by atoms with E-state index >= 15 is 0 Å². The number of likely N-dealkylation sites (tertiary alicyclic amines) is 1. The molecule has 0 aromatic heterocycles. The molecule has 1 saturated heterocycles. The highest BCUT2D eigenvalue weighted by atomic mass is 16.5. The highest BCUT2D eigenvalue weighted by Gasteiger charge is 2.20. The van der Waals surface area contributed by atoms with Crippen LogP contribution in [0.1, 0.15) is 35.7 Å². The van der Waals surface area contributed by atoms with Gasteiger partial charge in [-0.05, 0) is 43.5 Å². The highest BCUT2D eigenvalue weighted by molar-refractivity contribution is 5.92. The number of carbonyl (C=O) groups excluding carboxylic acids is 1. The van der Waals surface area contributed by atoms with Gasteiger partial charge in [-0.1, -0.05) is 30.3 Å². The van der Waals surface area contributed by atoms with E-state index in [1.54, 1.807) is 19.1 Å². The lowest BCUT2D eigenvalue weighted by Gasteiger charge is -2.33. The van der Waals surface area contributed by atoms with Crippen LogP contribution in [0.25, 0.3) is 0 Å². The maximum atomic E-state index is 11.8.